The summed E-state index contributed by atoms with van der Waals surface area (Å²) in [7, 11) is 0. The van der Waals surface area contributed by atoms with Gasteiger partial charge < -0.3 is 8.98 Å². The lowest BCUT2D eigenvalue weighted by Gasteiger charge is -2.11. The molecule has 0 bridgehead atoms. The number of furan rings is 1. The molecule has 0 amide bonds. The van der Waals surface area contributed by atoms with E-state index in [2.05, 4.69) is 145 Å². The van der Waals surface area contributed by atoms with E-state index in [1.54, 1.807) is 0 Å². The predicted octanol–water partition coefficient (Wildman–Crippen LogP) is 12.4. The van der Waals surface area contributed by atoms with Crippen LogP contribution in [0.15, 0.2) is 184 Å². The fraction of sp³-hybridized carbons (Fsp3) is 0.0638. The molecular weight excluding hydrogens is 623 g/mol. The Morgan fingerprint density at radius 3 is 1.98 bits per heavy atom. The number of hydrogen-bond acceptors (Lipinski definition) is 2. The Kier molecular flexibility index (Phi) is 7.63. The highest BCUT2D eigenvalue weighted by atomic mass is 16.3. The molecule has 0 N–H and O–H groups in total. The van der Waals surface area contributed by atoms with Crippen LogP contribution in [0.5, 0.6) is 0 Å². The van der Waals surface area contributed by atoms with E-state index in [4.69, 9.17) is 14.4 Å². The zero-order valence-electron chi connectivity index (χ0n) is 28.5. The molecule has 9 rings (SSSR count). The van der Waals surface area contributed by atoms with E-state index < -0.39 is 0 Å². The number of amidine groups is 1. The van der Waals surface area contributed by atoms with Gasteiger partial charge in [-0.25, -0.2) is 4.99 Å². The molecule has 244 valence electrons. The summed E-state index contributed by atoms with van der Waals surface area (Å²) in [4.78, 5) is 10.2. The summed E-state index contributed by atoms with van der Waals surface area (Å²) in [6.07, 6.45) is 0. The van der Waals surface area contributed by atoms with Crippen LogP contribution in [0.4, 0.5) is 0 Å². The molecule has 7 aromatic carbocycles. The van der Waals surface area contributed by atoms with Crippen LogP contribution in [0, 0.1) is 0 Å². The lowest BCUT2D eigenvalue weighted by atomic mass is 10.0. The first-order valence-electron chi connectivity index (χ1n) is 17.4. The van der Waals surface area contributed by atoms with E-state index in [1.807, 2.05) is 43.3 Å². The molecule has 0 saturated carbocycles. The Bertz CT molecular complexity index is 2750. The predicted molar refractivity (Wildman–Crippen MR) is 214 cm³/mol. The largest absolute Gasteiger partial charge is 0.456 e. The standard InChI is InChI=1S/C47H35N3O/c1-31(33-14-6-3-7-15-33)48-47(35-18-10-5-11-19-35)49-32(2)36-22-26-41-42-30-38(24-27-45(42)51-46(41)29-36)50-43-21-13-12-20-39(43)40-25-23-37(28-44(40)50)34-16-8-4-9-17-34/h3-30,32H,1-2H3/t32-/m0/s1. The number of benzene rings is 7. The Morgan fingerprint density at radius 1 is 0.529 bits per heavy atom. The average Bonchev–Trinajstić information content (AvgIpc) is 3.73. The second-order valence-corrected chi connectivity index (χ2v) is 13.0. The molecule has 0 aliphatic carbocycles. The summed E-state index contributed by atoms with van der Waals surface area (Å²) in [5.41, 5.74) is 11.6. The Balaban J connectivity index is 1.13. The smallest absolute Gasteiger partial charge is 0.155 e. The van der Waals surface area contributed by atoms with E-state index in [-0.39, 0.29) is 6.04 Å². The SMILES string of the molecule is CC(=NC(=N[C@@H](C)c1ccc2c(c1)oc1ccc(-n3c4ccccc4c4ccc(-c5ccccc5)cc43)cc12)c1ccccc1)c1ccccc1. The molecule has 2 aromatic heterocycles. The van der Waals surface area contributed by atoms with Gasteiger partial charge in [0.15, 0.2) is 5.84 Å². The number of hydrogen-bond donors (Lipinski definition) is 0. The van der Waals surface area contributed by atoms with Crippen molar-refractivity contribution in [3.63, 3.8) is 0 Å². The highest BCUT2D eigenvalue weighted by molar-refractivity contribution is 6.12. The first-order chi connectivity index (χ1) is 25.1. The van der Waals surface area contributed by atoms with Crippen molar-refractivity contribution >= 4 is 55.3 Å². The van der Waals surface area contributed by atoms with Crippen LogP contribution >= 0.6 is 0 Å². The summed E-state index contributed by atoms with van der Waals surface area (Å²) < 4.78 is 8.87. The van der Waals surface area contributed by atoms with Crippen molar-refractivity contribution in [1.29, 1.82) is 0 Å². The Labute approximate surface area is 296 Å². The van der Waals surface area contributed by atoms with Gasteiger partial charge >= 0.3 is 0 Å². The molecule has 0 aliphatic rings. The van der Waals surface area contributed by atoms with E-state index in [1.165, 1.54) is 32.9 Å². The highest BCUT2D eigenvalue weighted by Crippen LogP contribution is 2.38. The second-order valence-electron chi connectivity index (χ2n) is 13.0. The summed E-state index contributed by atoms with van der Waals surface area (Å²) in [6, 6.07) is 59.3. The molecule has 1 atom stereocenters. The first kappa shape index (κ1) is 30.5. The number of fused-ring (bicyclic) bond motifs is 6. The van der Waals surface area contributed by atoms with Crippen LogP contribution in [0.3, 0.4) is 0 Å². The van der Waals surface area contributed by atoms with Crippen molar-refractivity contribution in [1.82, 2.24) is 4.57 Å². The third-order valence-corrected chi connectivity index (χ3v) is 9.81. The molecule has 0 unspecified atom stereocenters. The molecule has 2 heterocycles. The zero-order valence-corrected chi connectivity index (χ0v) is 28.5. The topological polar surface area (TPSA) is 42.8 Å². The van der Waals surface area contributed by atoms with Crippen LogP contribution in [-0.4, -0.2) is 16.1 Å². The van der Waals surface area contributed by atoms with Crippen molar-refractivity contribution in [3.05, 3.63) is 187 Å². The lowest BCUT2D eigenvalue weighted by Crippen LogP contribution is -2.05. The van der Waals surface area contributed by atoms with Crippen molar-refractivity contribution in [2.24, 2.45) is 9.98 Å². The van der Waals surface area contributed by atoms with E-state index in [0.717, 1.165) is 50.0 Å². The Hall–Kier alpha value is -6.52. The van der Waals surface area contributed by atoms with Crippen molar-refractivity contribution in [2.75, 3.05) is 0 Å². The van der Waals surface area contributed by atoms with Gasteiger partial charge in [0.2, 0.25) is 0 Å². The fourth-order valence-corrected chi connectivity index (χ4v) is 7.16. The fourth-order valence-electron chi connectivity index (χ4n) is 7.16. The molecule has 4 heteroatoms. The van der Waals surface area contributed by atoms with Gasteiger partial charge in [0.05, 0.1) is 17.1 Å². The minimum absolute atomic E-state index is 0.142. The average molecular weight is 658 g/mol. The number of nitrogens with zero attached hydrogens (tertiary/aromatic N) is 3. The summed E-state index contributed by atoms with van der Waals surface area (Å²) in [5, 5.41) is 4.64. The quantitative estimate of drug-likeness (QED) is 0.130. The van der Waals surface area contributed by atoms with Crippen LogP contribution in [0.2, 0.25) is 0 Å². The zero-order chi connectivity index (χ0) is 34.3. The minimum atomic E-state index is -0.142. The first-order valence-corrected chi connectivity index (χ1v) is 17.4. The summed E-state index contributed by atoms with van der Waals surface area (Å²) in [6.45, 7) is 4.15. The molecule has 0 fully saturated rings. The van der Waals surface area contributed by atoms with Crippen molar-refractivity contribution in [3.8, 4) is 16.8 Å². The van der Waals surface area contributed by atoms with Gasteiger partial charge in [-0.3, -0.25) is 4.99 Å². The van der Waals surface area contributed by atoms with Crippen LogP contribution in [-0.2, 0) is 0 Å². The van der Waals surface area contributed by atoms with Gasteiger partial charge in [0.25, 0.3) is 0 Å². The maximum absolute atomic E-state index is 6.49. The molecule has 9 aromatic rings. The van der Waals surface area contributed by atoms with Gasteiger partial charge in [-0.15, -0.1) is 0 Å². The van der Waals surface area contributed by atoms with Crippen molar-refractivity contribution in [2.45, 2.75) is 19.9 Å². The third kappa shape index (κ3) is 5.61. The monoisotopic (exact) mass is 657 g/mol. The molecule has 51 heavy (non-hydrogen) atoms. The molecule has 0 radical (unpaired) electrons. The molecule has 4 nitrogen and oxygen atoms in total. The van der Waals surface area contributed by atoms with E-state index >= 15 is 0 Å². The maximum Gasteiger partial charge on any atom is 0.155 e. The second kappa shape index (κ2) is 12.7. The lowest BCUT2D eigenvalue weighted by molar-refractivity contribution is 0.666. The molecule has 0 saturated heterocycles. The third-order valence-electron chi connectivity index (χ3n) is 9.81. The minimum Gasteiger partial charge on any atom is -0.456 e. The van der Waals surface area contributed by atoms with Crippen LogP contribution in [0.25, 0.3) is 60.6 Å². The van der Waals surface area contributed by atoms with Crippen LogP contribution < -0.4 is 0 Å². The number of aliphatic imine (C=N–C) groups is 2. The number of rotatable bonds is 6. The van der Waals surface area contributed by atoms with E-state index in [0.29, 0.717) is 5.84 Å². The van der Waals surface area contributed by atoms with Gasteiger partial charge in [0.1, 0.15) is 11.2 Å². The number of para-hydroxylation sites is 1. The summed E-state index contributed by atoms with van der Waals surface area (Å²) >= 11 is 0. The van der Waals surface area contributed by atoms with E-state index in [9.17, 15) is 0 Å². The van der Waals surface area contributed by atoms with Gasteiger partial charge in [-0.1, -0.05) is 133 Å². The normalized spacial score (nSPS) is 13.1. The summed E-state index contributed by atoms with van der Waals surface area (Å²) in [5.74, 6) is 0.709. The van der Waals surface area contributed by atoms with Gasteiger partial charge in [-0.2, -0.15) is 0 Å². The van der Waals surface area contributed by atoms with Crippen LogP contribution in [0.1, 0.15) is 36.6 Å². The van der Waals surface area contributed by atoms with Gasteiger partial charge in [-0.05, 0) is 72.5 Å². The highest BCUT2D eigenvalue weighted by Gasteiger charge is 2.17. The van der Waals surface area contributed by atoms with Gasteiger partial charge in [0, 0.05) is 38.5 Å². The molecule has 0 spiro atoms. The van der Waals surface area contributed by atoms with Crippen molar-refractivity contribution < 1.29 is 4.42 Å². The molecular formula is C47H35N3O. The Morgan fingerprint density at radius 2 is 1.20 bits per heavy atom. The maximum atomic E-state index is 6.49. The molecule has 0 aliphatic heterocycles. The number of aromatic nitrogens is 1.